The molecule has 0 bridgehead atoms. The van der Waals surface area contributed by atoms with E-state index in [9.17, 15) is 13.6 Å². The van der Waals surface area contributed by atoms with Crippen LogP contribution in [0.1, 0.15) is 10.4 Å². The Bertz CT molecular complexity index is 1000. The summed E-state index contributed by atoms with van der Waals surface area (Å²) >= 11 is 12.6. The van der Waals surface area contributed by atoms with E-state index >= 15 is 0 Å². The van der Waals surface area contributed by atoms with Crippen molar-refractivity contribution in [3.05, 3.63) is 81.8 Å². The second-order valence-electron chi connectivity index (χ2n) is 5.59. The van der Waals surface area contributed by atoms with Crippen LogP contribution in [-0.2, 0) is 0 Å². The summed E-state index contributed by atoms with van der Waals surface area (Å²) < 4.78 is 32.7. The molecule has 0 spiro atoms. The topological polar surface area (TPSA) is 38.3 Å². The number of methoxy groups -OCH3 is 1. The van der Waals surface area contributed by atoms with Crippen molar-refractivity contribution >= 4 is 34.8 Å². The Morgan fingerprint density at radius 2 is 1.63 bits per heavy atom. The van der Waals surface area contributed by atoms with Crippen LogP contribution < -0.4 is 10.1 Å². The molecule has 0 aromatic heterocycles. The molecule has 0 saturated heterocycles. The number of hydrogen-bond donors (Lipinski definition) is 1. The fraction of sp³-hybridized carbons (Fsp3) is 0.0500. The summed E-state index contributed by atoms with van der Waals surface area (Å²) in [5.41, 5.74) is 0.902. The summed E-state index contributed by atoms with van der Waals surface area (Å²) in [4.78, 5) is 12.2. The van der Waals surface area contributed by atoms with Crippen LogP contribution in [0, 0.1) is 11.6 Å². The smallest absolute Gasteiger partial charge is 0.261 e. The number of anilines is 1. The van der Waals surface area contributed by atoms with Gasteiger partial charge in [-0.2, -0.15) is 0 Å². The van der Waals surface area contributed by atoms with Crippen molar-refractivity contribution in [3.63, 3.8) is 0 Å². The number of nitrogens with one attached hydrogen (secondary N) is 1. The number of carbonyl (C=O) groups is 1. The summed E-state index contributed by atoms with van der Waals surface area (Å²) in [6.07, 6.45) is 0. The molecule has 138 valence electrons. The Hall–Kier alpha value is -2.63. The first-order chi connectivity index (χ1) is 12.9. The molecule has 3 aromatic rings. The van der Waals surface area contributed by atoms with Gasteiger partial charge in [0.15, 0.2) is 0 Å². The van der Waals surface area contributed by atoms with E-state index in [1.54, 1.807) is 30.3 Å². The van der Waals surface area contributed by atoms with Gasteiger partial charge in [0, 0.05) is 21.8 Å². The normalized spacial score (nSPS) is 10.6. The summed E-state index contributed by atoms with van der Waals surface area (Å²) in [5, 5.41) is 3.21. The van der Waals surface area contributed by atoms with Gasteiger partial charge in [-0.3, -0.25) is 4.79 Å². The van der Waals surface area contributed by atoms with Gasteiger partial charge in [0.05, 0.1) is 12.1 Å². The van der Waals surface area contributed by atoms with E-state index in [4.69, 9.17) is 27.9 Å². The van der Waals surface area contributed by atoms with Gasteiger partial charge in [0.2, 0.25) is 0 Å². The molecule has 0 saturated carbocycles. The van der Waals surface area contributed by atoms with Crippen LogP contribution in [0.15, 0.2) is 54.6 Å². The summed E-state index contributed by atoms with van der Waals surface area (Å²) in [5.74, 6) is -2.19. The third-order valence-corrected chi connectivity index (χ3v) is 4.52. The van der Waals surface area contributed by atoms with Crippen molar-refractivity contribution in [1.29, 1.82) is 0 Å². The van der Waals surface area contributed by atoms with Crippen molar-refractivity contribution < 1.29 is 18.3 Å². The zero-order valence-corrected chi connectivity index (χ0v) is 15.5. The van der Waals surface area contributed by atoms with Crippen molar-refractivity contribution in [2.75, 3.05) is 12.4 Å². The molecule has 3 rings (SSSR count). The Morgan fingerprint density at radius 3 is 2.26 bits per heavy atom. The lowest BCUT2D eigenvalue weighted by molar-refractivity contribution is 0.101. The average Bonchev–Trinajstić information content (AvgIpc) is 2.62. The van der Waals surface area contributed by atoms with Crippen LogP contribution in [0.5, 0.6) is 5.75 Å². The molecule has 1 amide bonds. The van der Waals surface area contributed by atoms with Crippen molar-refractivity contribution in [3.8, 4) is 16.9 Å². The Balaban J connectivity index is 1.91. The zero-order valence-electron chi connectivity index (χ0n) is 14.0. The number of benzene rings is 3. The lowest BCUT2D eigenvalue weighted by Gasteiger charge is -2.12. The fourth-order valence-electron chi connectivity index (χ4n) is 2.56. The highest BCUT2D eigenvalue weighted by molar-refractivity contribution is 6.36. The molecule has 7 heteroatoms. The van der Waals surface area contributed by atoms with Gasteiger partial charge in [0.1, 0.15) is 22.9 Å². The molecular formula is C20H13Cl2F2NO2. The van der Waals surface area contributed by atoms with Crippen LogP contribution in [0.4, 0.5) is 14.5 Å². The van der Waals surface area contributed by atoms with Gasteiger partial charge in [-0.1, -0.05) is 35.3 Å². The van der Waals surface area contributed by atoms with Crippen molar-refractivity contribution in [2.24, 2.45) is 0 Å². The first-order valence-electron chi connectivity index (χ1n) is 7.79. The van der Waals surface area contributed by atoms with Gasteiger partial charge in [-0.25, -0.2) is 8.78 Å². The SMILES string of the molecule is COc1ccc(Cl)c(-c2ccc(NC(=O)c3c(F)cccc3F)cc2Cl)c1. The van der Waals surface area contributed by atoms with E-state index < -0.39 is 23.1 Å². The number of hydrogen-bond acceptors (Lipinski definition) is 2. The van der Waals surface area contributed by atoms with Gasteiger partial charge in [-0.15, -0.1) is 0 Å². The Kier molecular flexibility index (Phi) is 5.63. The molecule has 0 heterocycles. The minimum atomic E-state index is -0.946. The predicted molar refractivity (Wildman–Crippen MR) is 103 cm³/mol. The highest BCUT2D eigenvalue weighted by Gasteiger charge is 2.18. The lowest BCUT2D eigenvalue weighted by atomic mass is 10.0. The number of ether oxygens (including phenoxy) is 1. The average molecular weight is 408 g/mol. The summed E-state index contributed by atoms with van der Waals surface area (Å²) in [6, 6.07) is 13.0. The third kappa shape index (κ3) is 4.04. The molecule has 0 aliphatic heterocycles. The minimum absolute atomic E-state index is 0.287. The van der Waals surface area contributed by atoms with E-state index in [0.29, 0.717) is 26.9 Å². The fourth-order valence-corrected chi connectivity index (χ4v) is 3.06. The van der Waals surface area contributed by atoms with Crippen LogP contribution >= 0.6 is 23.2 Å². The first-order valence-corrected chi connectivity index (χ1v) is 8.55. The van der Waals surface area contributed by atoms with Crippen LogP contribution in [0.3, 0.4) is 0 Å². The van der Waals surface area contributed by atoms with Gasteiger partial charge < -0.3 is 10.1 Å². The monoisotopic (exact) mass is 407 g/mol. The maximum absolute atomic E-state index is 13.7. The summed E-state index contributed by atoms with van der Waals surface area (Å²) in [6.45, 7) is 0. The maximum Gasteiger partial charge on any atom is 0.261 e. The summed E-state index contributed by atoms with van der Waals surface area (Å²) in [7, 11) is 1.54. The van der Waals surface area contributed by atoms with Crippen LogP contribution in [-0.4, -0.2) is 13.0 Å². The van der Waals surface area contributed by atoms with Gasteiger partial charge in [0.25, 0.3) is 5.91 Å². The number of rotatable bonds is 4. The number of halogens is 4. The highest BCUT2D eigenvalue weighted by atomic mass is 35.5. The molecule has 3 aromatic carbocycles. The molecule has 0 aliphatic carbocycles. The van der Waals surface area contributed by atoms with Crippen molar-refractivity contribution in [1.82, 2.24) is 0 Å². The molecule has 0 aliphatic rings. The van der Waals surface area contributed by atoms with E-state index in [0.717, 1.165) is 12.1 Å². The van der Waals surface area contributed by atoms with E-state index in [1.807, 2.05) is 0 Å². The van der Waals surface area contributed by atoms with E-state index in [2.05, 4.69) is 5.32 Å². The molecule has 0 atom stereocenters. The van der Waals surface area contributed by atoms with E-state index in [-0.39, 0.29) is 5.69 Å². The number of amides is 1. The second-order valence-corrected chi connectivity index (χ2v) is 6.41. The van der Waals surface area contributed by atoms with Crippen LogP contribution in [0.25, 0.3) is 11.1 Å². The first kappa shape index (κ1) is 19.1. The van der Waals surface area contributed by atoms with Gasteiger partial charge in [-0.05, 0) is 42.5 Å². The maximum atomic E-state index is 13.7. The minimum Gasteiger partial charge on any atom is -0.497 e. The quantitative estimate of drug-likeness (QED) is 0.558. The molecule has 3 nitrogen and oxygen atoms in total. The molecule has 0 radical (unpaired) electrons. The standard InChI is InChI=1S/C20H13Cl2F2NO2/c1-27-12-6-8-15(21)14(10-12)13-7-5-11(9-16(13)22)25-20(26)19-17(23)3-2-4-18(19)24/h2-10H,1H3,(H,25,26). The molecule has 0 unspecified atom stereocenters. The second kappa shape index (κ2) is 7.94. The van der Waals surface area contributed by atoms with Crippen LogP contribution in [0.2, 0.25) is 10.0 Å². The number of carbonyl (C=O) groups excluding carboxylic acids is 1. The predicted octanol–water partition coefficient (Wildman–Crippen LogP) is 6.20. The zero-order chi connectivity index (χ0) is 19.6. The lowest BCUT2D eigenvalue weighted by Crippen LogP contribution is -2.15. The van der Waals surface area contributed by atoms with Crippen molar-refractivity contribution in [2.45, 2.75) is 0 Å². The third-order valence-electron chi connectivity index (χ3n) is 3.88. The molecule has 0 fully saturated rings. The van der Waals surface area contributed by atoms with E-state index in [1.165, 1.54) is 19.2 Å². The van der Waals surface area contributed by atoms with Gasteiger partial charge >= 0.3 is 0 Å². The molecule has 27 heavy (non-hydrogen) atoms. The highest BCUT2D eigenvalue weighted by Crippen LogP contribution is 2.37. The Morgan fingerprint density at radius 1 is 0.926 bits per heavy atom. The molecular weight excluding hydrogens is 395 g/mol. The molecule has 1 N–H and O–H groups in total. The largest absolute Gasteiger partial charge is 0.497 e. The Labute approximate surface area is 164 Å².